The minimum absolute atomic E-state index is 0.106. The Labute approximate surface area is 556 Å². The van der Waals surface area contributed by atoms with Crippen LogP contribution in [0.3, 0.4) is 0 Å². The smallest absolute Gasteiger partial charge is 0.462 e. The first-order valence-corrected chi connectivity index (χ1v) is 40.5. The second-order valence-electron chi connectivity index (χ2n) is 26.7. The number of unbranched alkanes of at least 4 members (excludes halogenated alkanes) is 40. The Morgan fingerprint density at radius 2 is 0.560 bits per heavy atom. The van der Waals surface area contributed by atoms with Crippen molar-refractivity contribution in [2.24, 2.45) is 11.8 Å². The normalized spacial score (nSPS) is 14.4. The van der Waals surface area contributed by atoms with Crippen LogP contribution in [0.4, 0.5) is 0 Å². The highest BCUT2D eigenvalue weighted by atomic mass is 31.2. The third-order valence-corrected chi connectivity index (χ3v) is 19.0. The average Bonchev–Trinajstić information content (AvgIpc) is 3.52. The third-order valence-electron chi connectivity index (χ3n) is 17.1. The van der Waals surface area contributed by atoms with E-state index in [2.05, 4.69) is 41.5 Å². The van der Waals surface area contributed by atoms with Gasteiger partial charge in [-0.15, -0.1) is 0 Å². The van der Waals surface area contributed by atoms with Crippen molar-refractivity contribution in [3.63, 3.8) is 0 Å². The quantitative estimate of drug-likeness (QED) is 0.0222. The van der Waals surface area contributed by atoms with Gasteiger partial charge >= 0.3 is 39.5 Å². The number of aliphatic hydroxyl groups is 1. The standard InChI is InChI=1S/C72H140O17P2/c1-7-10-12-14-16-18-20-21-23-32-38-44-50-56-71(76)88-67(60-82-69(74)54-48-42-36-30-22-19-17-15-13-11-8-2)62-86-90(78,79)84-58-66(73)59-85-91(80,81)87-63-68(61-83-70(75)55-49-43-37-31-26-24-28-34-40-46-52-64(4)5)89-72(77)57-51-45-39-33-27-25-29-35-41-47-53-65(6)9-3/h64-68,73H,7-63H2,1-6H3,(H,78,79)(H,80,81)/t65?,66-,67+,68+/m0/s1. The van der Waals surface area contributed by atoms with Crippen LogP contribution in [0, 0.1) is 11.8 Å². The van der Waals surface area contributed by atoms with E-state index < -0.39 is 97.5 Å². The minimum Gasteiger partial charge on any atom is -0.462 e. The topological polar surface area (TPSA) is 237 Å². The maximum atomic E-state index is 13.0. The molecule has 0 aromatic rings. The minimum atomic E-state index is -4.95. The molecular formula is C72H140O17P2. The predicted molar refractivity (Wildman–Crippen MR) is 368 cm³/mol. The van der Waals surface area contributed by atoms with Gasteiger partial charge in [0, 0.05) is 25.7 Å². The molecule has 0 aromatic heterocycles. The Morgan fingerprint density at radius 1 is 0.319 bits per heavy atom. The molecule has 19 heteroatoms. The molecular weight excluding hydrogens is 1200 g/mol. The molecule has 0 spiro atoms. The number of esters is 4. The number of carbonyl (C=O) groups excluding carboxylic acids is 4. The summed E-state index contributed by atoms with van der Waals surface area (Å²) in [5, 5.41) is 10.6. The van der Waals surface area contributed by atoms with Crippen molar-refractivity contribution >= 4 is 39.5 Å². The molecule has 6 atom stereocenters. The Balaban J connectivity index is 5.27. The summed E-state index contributed by atoms with van der Waals surface area (Å²) in [7, 11) is -9.90. The SMILES string of the molecule is CCCCCCCCCCCCCCCC(=O)O[C@H](COC(=O)CCCCCCCCCCCCC)COP(=O)(O)OC[C@H](O)COP(=O)(O)OC[C@@H](COC(=O)CCCCCCCCCCCCC(C)C)OC(=O)CCCCCCCCCCCCC(C)CC. The summed E-state index contributed by atoms with van der Waals surface area (Å²) in [6.07, 6.45) is 49.7. The second-order valence-corrected chi connectivity index (χ2v) is 29.6. The van der Waals surface area contributed by atoms with Crippen LogP contribution in [0.2, 0.25) is 0 Å². The molecule has 17 nitrogen and oxygen atoms in total. The highest BCUT2D eigenvalue weighted by Crippen LogP contribution is 2.45. The average molecular weight is 1340 g/mol. The van der Waals surface area contributed by atoms with Crippen LogP contribution < -0.4 is 0 Å². The molecule has 0 amide bonds. The number of phosphoric acid groups is 2. The van der Waals surface area contributed by atoms with Crippen LogP contribution in [0.25, 0.3) is 0 Å². The summed E-state index contributed by atoms with van der Waals surface area (Å²) < 4.78 is 68.4. The van der Waals surface area contributed by atoms with Crippen LogP contribution in [0.5, 0.6) is 0 Å². The number of hydrogen-bond acceptors (Lipinski definition) is 15. The molecule has 0 bridgehead atoms. The van der Waals surface area contributed by atoms with E-state index in [0.29, 0.717) is 25.7 Å². The predicted octanol–water partition coefficient (Wildman–Crippen LogP) is 20.8. The van der Waals surface area contributed by atoms with Crippen molar-refractivity contribution < 1.29 is 80.2 Å². The summed E-state index contributed by atoms with van der Waals surface area (Å²) in [6.45, 7) is 9.59. The highest BCUT2D eigenvalue weighted by Gasteiger charge is 2.30. The first-order valence-electron chi connectivity index (χ1n) is 37.5. The zero-order valence-electron chi connectivity index (χ0n) is 59.1. The van der Waals surface area contributed by atoms with Crippen molar-refractivity contribution in [1.82, 2.24) is 0 Å². The molecule has 0 saturated carbocycles. The largest absolute Gasteiger partial charge is 0.472 e. The lowest BCUT2D eigenvalue weighted by Gasteiger charge is -2.21. The summed E-state index contributed by atoms with van der Waals surface area (Å²) in [6, 6.07) is 0. The van der Waals surface area contributed by atoms with Gasteiger partial charge < -0.3 is 33.8 Å². The summed E-state index contributed by atoms with van der Waals surface area (Å²) in [4.78, 5) is 72.7. The monoisotopic (exact) mass is 1340 g/mol. The van der Waals surface area contributed by atoms with E-state index in [0.717, 1.165) is 102 Å². The van der Waals surface area contributed by atoms with Crippen molar-refractivity contribution in [3.8, 4) is 0 Å². The first kappa shape index (κ1) is 89.1. The van der Waals surface area contributed by atoms with Crippen LogP contribution in [0.15, 0.2) is 0 Å². The number of phosphoric ester groups is 2. The Hall–Kier alpha value is -1.94. The fourth-order valence-electron chi connectivity index (χ4n) is 10.9. The van der Waals surface area contributed by atoms with Gasteiger partial charge in [0.2, 0.25) is 0 Å². The molecule has 0 aliphatic carbocycles. The van der Waals surface area contributed by atoms with Gasteiger partial charge in [-0.3, -0.25) is 37.3 Å². The number of ether oxygens (including phenoxy) is 4. The van der Waals surface area contributed by atoms with Gasteiger partial charge in [0.25, 0.3) is 0 Å². The Morgan fingerprint density at radius 3 is 0.835 bits per heavy atom. The van der Waals surface area contributed by atoms with Gasteiger partial charge in [-0.05, 0) is 37.5 Å². The van der Waals surface area contributed by atoms with Crippen LogP contribution in [-0.4, -0.2) is 96.7 Å². The molecule has 540 valence electrons. The molecule has 91 heavy (non-hydrogen) atoms. The van der Waals surface area contributed by atoms with Gasteiger partial charge in [-0.25, -0.2) is 9.13 Å². The van der Waals surface area contributed by atoms with Crippen LogP contribution in [0.1, 0.15) is 369 Å². The third kappa shape index (κ3) is 65.1. The number of rotatable bonds is 71. The lowest BCUT2D eigenvalue weighted by Crippen LogP contribution is -2.30. The van der Waals surface area contributed by atoms with Gasteiger partial charge in [0.05, 0.1) is 26.4 Å². The molecule has 0 radical (unpaired) electrons. The second kappa shape index (κ2) is 64.1. The summed E-state index contributed by atoms with van der Waals surface area (Å²) >= 11 is 0. The van der Waals surface area contributed by atoms with Gasteiger partial charge in [0.1, 0.15) is 19.3 Å². The van der Waals surface area contributed by atoms with E-state index in [1.807, 2.05) is 0 Å². The lowest BCUT2D eigenvalue weighted by atomic mass is 9.99. The Bertz CT molecular complexity index is 1770. The van der Waals surface area contributed by atoms with Crippen molar-refractivity contribution in [3.05, 3.63) is 0 Å². The van der Waals surface area contributed by atoms with E-state index in [4.69, 9.17) is 37.0 Å². The number of carbonyl (C=O) groups is 4. The maximum Gasteiger partial charge on any atom is 0.472 e. The highest BCUT2D eigenvalue weighted by molar-refractivity contribution is 7.47. The number of aliphatic hydroxyl groups excluding tert-OH is 1. The van der Waals surface area contributed by atoms with Gasteiger partial charge in [-0.1, -0.05) is 318 Å². The van der Waals surface area contributed by atoms with Crippen LogP contribution in [-0.2, 0) is 65.4 Å². The van der Waals surface area contributed by atoms with Crippen molar-refractivity contribution in [2.75, 3.05) is 39.6 Å². The van der Waals surface area contributed by atoms with Crippen LogP contribution >= 0.6 is 15.6 Å². The summed E-state index contributed by atoms with van der Waals surface area (Å²) in [5.41, 5.74) is 0. The van der Waals surface area contributed by atoms with E-state index in [-0.39, 0.29) is 25.7 Å². The van der Waals surface area contributed by atoms with Crippen molar-refractivity contribution in [2.45, 2.75) is 387 Å². The Kier molecular flexibility index (Phi) is 62.7. The zero-order chi connectivity index (χ0) is 67.2. The molecule has 0 fully saturated rings. The van der Waals surface area contributed by atoms with Gasteiger partial charge in [-0.2, -0.15) is 0 Å². The molecule has 0 heterocycles. The molecule has 0 aromatic carbocycles. The van der Waals surface area contributed by atoms with E-state index in [1.54, 1.807) is 0 Å². The summed E-state index contributed by atoms with van der Waals surface area (Å²) in [5.74, 6) is -0.558. The molecule has 3 unspecified atom stereocenters. The molecule has 0 aliphatic rings. The van der Waals surface area contributed by atoms with E-state index in [1.165, 1.54) is 186 Å². The molecule has 0 rings (SSSR count). The molecule has 0 aliphatic heterocycles. The fraction of sp³-hybridized carbons (Fsp3) is 0.944. The maximum absolute atomic E-state index is 13.0. The number of hydrogen-bond donors (Lipinski definition) is 3. The first-order chi connectivity index (χ1) is 43.9. The van der Waals surface area contributed by atoms with E-state index in [9.17, 15) is 43.2 Å². The lowest BCUT2D eigenvalue weighted by molar-refractivity contribution is -0.161. The van der Waals surface area contributed by atoms with Gasteiger partial charge in [0.15, 0.2) is 12.2 Å². The van der Waals surface area contributed by atoms with E-state index >= 15 is 0 Å². The zero-order valence-corrected chi connectivity index (χ0v) is 60.9. The molecule has 3 N–H and O–H groups in total. The van der Waals surface area contributed by atoms with Crippen molar-refractivity contribution in [1.29, 1.82) is 0 Å². The molecule has 0 saturated heterocycles. The fourth-order valence-corrected chi connectivity index (χ4v) is 12.5.